The molecule has 0 aliphatic heterocycles. The van der Waals surface area contributed by atoms with Crippen LogP contribution in [0.3, 0.4) is 0 Å². The third-order valence-electron chi connectivity index (χ3n) is 4.98. The van der Waals surface area contributed by atoms with Gasteiger partial charge in [0.25, 0.3) is 11.8 Å². The molecule has 1 aromatic heterocycles. The molecule has 0 spiro atoms. The lowest BCUT2D eigenvalue weighted by atomic mass is 9.98. The predicted molar refractivity (Wildman–Crippen MR) is 110 cm³/mol. The lowest BCUT2D eigenvalue weighted by Crippen LogP contribution is -2.58. The lowest BCUT2D eigenvalue weighted by Gasteiger charge is -2.41. The van der Waals surface area contributed by atoms with Crippen molar-refractivity contribution in [2.45, 2.75) is 83.8 Å². The van der Waals surface area contributed by atoms with E-state index in [1.165, 1.54) is 0 Å². The Bertz CT molecular complexity index is 734. The van der Waals surface area contributed by atoms with E-state index in [2.05, 4.69) is 9.69 Å². The van der Waals surface area contributed by atoms with E-state index in [9.17, 15) is 14.4 Å². The Kier molecular flexibility index (Phi) is 7.03. The monoisotopic (exact) mass is 409 g/mol. The first-order valence-electron chi connectivity index (χ1n) is 9.76. The van der Waals surface area contributed by atoms with Gasteiger partial charge in [-0.25, -0.2) is 0 Å². The van der Waals surface area contributed by atoms with Gasteiger partial charge in [0.1, 0.15) is 10.9 Å². The molecule has 1 saturated carbocycles. The second-order valence-electron chi connectivity index (χ2n) is 8.28. The summed E-state index contributed by atoms with van der Waals surface area (Å²) in [5, 5.41) is 3.11. The molecule has 0 saturated heterocycles. The van der Waals surface area contributed by atoms with E-state index in [0.717, 1.165) is 43.6 Å². The standard InChI is InChI=1S/C19H31N5O3S/c1-5-8-12(17(26)22-11-9-6-7-10-11)24(19(2,3)4)18(27)15-13(20)14(16(21)25)23-28-15/h11-12H,5-10,20H2,1-4H3,(H2,21,25)(H,22,26)/t12-/m1/s1. The van der Waals surface area contributed by atoms with Crippen molar-refractivity contribution in [3.8, 4) is 0 Å². The number of amides is 3. The Labute approximate surface area is 170 Å². The molecule has 28 heavy (non-hydrogen) atoms. The SMILES string of the molecule is CCC[C@H](C(=O)NC1CCCC1)N(C(=O)c1snc(C(N)=O)c1N)C(C)(C)C. The van der Waals surface area contributed by atoms with E-state index in [1.807, 2.05) is 27.7 Å². The van der Waals surface area contributed by atoms with Gasteiger partial charge >= 0.3 is 0 Å². The number of anilines is 1. The van der Waals surface area contributed by atoms with Gasteiger partial charge in [0, 0.05) is 11.6 Å². The number of carbonyl (C=O) groups excluding carboxylic acids is 3. The van der Waals surface area contributed by atoms with E-state index in [1.54, 1.807) is 4.90 Å². The number of nitrogens with two attached hydrogens (primary N) is 2. The smallest absolute Gasteiger partial charge is 0.270 e. The highest BCUT2D eigenvalue weighted by Crippen LogP contribution is 2.29. The van der Waals surface area contributed by atoms with Crippen LogP contribution in [-0.2, 0) is 4.79 Å². The van der Waals surface area contributed by atoms with Gasteiger partial charge < -0.3 is 21.7 Å². The van der Waals surface area contributed by atoms with Crippen molar-refractivity contribution in [1.29, 1.82) is 0 Å². The largest absolute Gasteiger partial charge is 0.395 e. The zero-order chi connectivity index (χ0) is 21.1. The average molecular weight is 410 g/mol. The number of aromatic nitrogens is 1. The topological polar surface area (TPSA) is 131 Å². The Hall–Kier alpha value is -2.16. The summed E-state index contributed by atoms with van der Waals surface area (Å²) in [6, 6.07) is -0.463. The maximum Gasteiger partial charge on any atom is 0.270 e. The predicted octanol–water partition coefficient (Wildman–Crippen LogP) is 2.29. The molecule has 0 unspecified atom stereocenters. The van der Waals surface area contributed by atoms with Gasteiger partial charge in [-0.3, -0.25) is 14.4 Å². The van der Waals surface area contributed by atoms with Crippen molar-refractivity contribution < 1.29 is 14.4 Å². The second-order valence-corrected chi connectivity index (χ2v) is 9.05. The first-order valence-corrected chi connectivity index (χ1v) is 10.5. The normalized spacial score (nSPS) is 16.0. The number of nitrogens with zero attached hydrogens (tertiary/aromatic N) is 2. The number of nitrogens with one attached hydrogen (secondary N) is 1. The summed E-state index contributed by atoms with van der Waals surface area (Å²) in [7, 11) is 0. The minimum Gasteiger partial charge on any atom is -0.395 e. The van der Waals surface area contributed by atoms with Gasteiger partial charge in [-0.15, -0.1) is 0 Å². The first kappa shape index (κ1) is 22.1. The Morgan fingerprint density at radius 2 is 1.89 bits per heavy atom. The van der Waals surface area contributed by atoms with Crippen molar-refractivity contribution in [2.24, 2.45) is 5.73 Å². The van der Waals surface area contributed by atoms with E-state index < -0.39 is 23.4 Å². The molecule has 1 fully saturated rings. The van der Waals surface area contributed by atoms with Gasteiger partial charge in [-0.1, -0.05) is 26.2 Å². The molecule has 3 amide bonds. The quantitative estimate of drug-likeness (QED) is 0.636. The molecule has 2 rings (SSSR count). The summed E-state index contributed by atoms with van der Waals surface area (Å²) in [6.07, 6.45) is 5.43. The molecule has 1 atom stereocenters. The molecule has 1 aliphatic rings. The van der Waals surface area contributed by atoms with Crippen molar-refractivity contribution in [3.05, 3.63) is 10.6 Å². The minimum absolute atomic E-state index is 0.0248. The van der Waals surface area contributed by atoms with Crippen LogP contribution in [-0.4, -0.2) is 44.6 Å². The second kappa shape index (κ2) is 8.89. The molecule has 0 radical (unpaired) electrons. The van der Waals surface area contributed by atoms with Gasteiger partial charge in [0.2, 0.25) is 5.91 Å². The molecule has 1 aromatic rings. The maximum atomic E-state index is 13.4. The highest BCUT2D eigenvalue weighted by molar-refractivity contribution is 7.09. The van der Waals surface area contributed by atoms with E-state index in [-0.39, 0.29) is 28.2 Å². The zero-order valence-electron chi connectivity index (χ0n) is 17.1. The molecule has 156 valence electrons. The lowest BCUT2D eigenvalue weighted by molar-refractivity contribution is -0.128. The fourth-order valence-electron chi connectivity index (χ4n) is 3.67. The van der Waals surface area contributed by atoms with Crippen molar-refractivity contribution in [2.75, 3.05) is 5.73 Å². The summed E-state index contributed by atoms with van der Waals surface area (Å²) < 4.78 is 3.93. The number of carbonyl (C=O) groups is 3. The fourth-order valence-corrected chi connectivity index (χ4v) is 4.41. The summed E-state index contributed by atoms with van der Waals surface area (Å²) in [6.45, 7) is 7.61. The Morgan fingerprint density at radius 3 is 2.36 bits per heavy atom. The highest BCUT2D eigenvalue weighted by Gasteiger charge is 2.39. The molecule has 0 aromatic carbocycles. The third-order valence-corrected chi connectivity index (χ3v) is 5.83. The van der Waals surface area contributed by atoms with Crippen molar-refractivity contribution >= 4 is 34.9 Å². The van der Waals surface area contributed by atoms with Crippen LogP contribution in [0.2, 0.25) is 0 Å². The highest BCUT2D eigenvalue weighted by atomic mass is 32.1. The van der Waals surface area contributed by atoms with Crippen LogP contribution >= 0.6 is 11.5 Å². The number of rotatable bonds is 7. The molecular weight excluding hydrogens is 378 g/mol. The van der Waals surface area contributed by atoms with E-state index >= 15 is 0 Å². The molecule has 5 N–H and O–H groups in total. The van der Waals surface area contributed by atoms with Gasteiger partial charge in [0.15, 0.2) is 5.69 Å². The Morgan fingerprint density at radius 1 is 1.29 bits per heavy atom. The van der Waals surface area contributed by atoms with Crippen LogP contribution in [0.4, 0.5) is 5.69 Å². The van der Waals surface area contributed by atoms with Crippen LogP contribution < -0.4 is 16.8 Å². The summed E-state index contributed by atoms with van der Waals surface area (Å²) in [5.74, 6) is -1.33. The van der Waals surface area contributed by atoms with Crippen LogP contribution in [0.15, 0.2) is 0 Å². The van der Waals surface area contributed by atoms with Crippen molar-refractivity contribution in [3.63, 3.8) is 0 Å². The summed E-state index contributed by atoms with van der Waals surface area (Å²) in [5.41, 5.74) is 10.5. The van der Waals surface area contributed by atoms with E-state index in [4.69, 9.17) is 11.5 Å². The molecule has 1 aliphatic carbocycles. The summed E-state index contributed by atoms with van der Waals surface area (Å²) in [4.78, 5) is 39.6. The molecule has 0 bridgehead atoms. The third kappa shape index (κ3) is 4.81. The van der Waals surface area contributed by atoms with Crippen LogP contribution in [0.5, 0.6) is 0 Å². The maximum absolute atomic E-state index is 13.4. The molecule has 8 nitrogen and oxygen atoms in total. The average Bonchev–Trinajstić information content (AvgIpc) is 3.22. The zero-order valence-corrected chi connectivity index (χ0v) is 17.9. The van der Waals surface area contributed by atoms with Gasteiger partial charge in [-0.05, 0) is 51.6 Å². The molecule has 9 heteroatoms. The number of hydrogen-bond donors (Lipinski definition) is 3. The number of primary amides is 1. The van der Waals surface area contributed by atoms with Crippen LogP contribution in [0.1, 0.15) is 86.4 Å². The van der Waals surface area contributed by atoms with Crippen molar-refractivity contribution in [1.82, 2.24) is 14.6 Å². The first-order chi connectivity index (χ1) is 13.1. The minimum atomic E-state index is -0.779. The van der Waals surface area contributed by atoms with Crippen LogP contribution in [0, 0.1) is 0 Å². The van der Waals surface area contributed by atoms with Crippen LogP contribution in [0.25, 0.3) is 0 Å². The molecule has 1 heterocycles. The summed E-state index contributed by atoms with van der Waals surface area (Å²) >= 11 is 0.838. The Balaban J connectivity index is 2.37. The van der Waals surface area contributed by atoms with Gasteiger partial charge in [-0.2, -0.15) is 4.37 Å². The number of nitrogen functional groups attached to an aromatic ring is 1. The molecular formula is C19H31N5O3S. The number of hydrogen-bond acceptors (Lipinski definition) is 6. The van der Waals surface area contributed by atoms with Gasteiger partial charge in [0.05, 0.1) is 5.69 Å². The van der Waals surface area contributed by atoms with E-state index in [0.29, 0.717) is 6.42 Å². The fraction of sp³-hybridized carbons (Fsp3) is 0.684.